The maximum Gasteiger partial charge on any atom is 0.246 e. The number of anilines is 2. The lowest BCUT2D eigenvalue weighted by atomic mass is 10.0. The van der Waals surface area contributed by atoms with E-state index < -0.39 is 36.0 Å². The Labute approximate surface area is 209 Å². The van der Waals surface area contributed by atoms with E-state index in [-0.39, 0.29) is 46.0 Å². The first-order valence-electron chi connectivity index (χ1n) is 11.5. The van der Waals surface area contributed by atoms with E-state index in [2.05, 4.69) is 20.3 Å². The first-order chi connectivity index (χ1) is 17.0. The van der Waals surface area contributed by atoms with Gasteiger partial charge in [-0.25, -0.2) is 19.3 Å². The lowest BCUT2D eigenvalue weighted by molar-refractivity contribution is -0.123. The summed E-state index contributed by atoms with van der Waals surface area (Å²) in [6.45, 7) is 3.26. The summed E-state index contributed by atoms with van der Waals surface area (Å²) in [5.41, 5.74) is -0.169. The third-order valence-corrected chi connectivity index (χ3v) is 7.10. The summed E-state index contributed by atoms with van der Waals surface area (Å²) in [7, 11) is 1.58. The van der Waals surface area contributed by atoms with Crippen LogP contribution in [0.2, 0.25) is 5.02 Å². The van der Waals surface area contributed by atoms with Crippen LogP contribution in [0.5, 0.6) is 0 Å². The van der Waals surface area contributed by atoms with Gasteiger partial charge in [0.25, 0.3) is 0 Å². The summed E-state index contributed by atoms with van der Waals surface area (Å²) in [4.78, 5) is 27.4. The lowest BCUT2D eigenvalue weighted by Gasteiger charge is -2.32. The number of amides is 1. The maximum absolute atomic E-state index is 15.4. The first-order valence-corrected chi connectivity index (χ1v) is 11.9. The fourth-order valence-corrected chi connectivity index (χ4v) is 5.27. The van der Waals surface area contributed by atoms with Gasteiger partial charge in [-0.05, 0) is 19.9 Å². The van der Waals surface area contributed by atoms with Gasteiger partial charge < -0.3 is 34.5 Å². The average molecular weight is 519 g/mol. The van der Waals surface area contributed by atoms with Gasteiger partial charge in [-0.2, -0.15) is 0 Å². The number of hydrogen-bond donors (Lipinski definition) is 3. The smallest absolute Gasteiger partial charge is 0.246 e. The number of aromatic nitrogens is 4. The number of carbonyl (C=O) groups is 1. The lowest BCUT2D eigenvalue weighted by Crippen LogP contribution is -2.48. The van der Waals surface area contributed by atoms with Gasteiger partial charge in [0.15, 0.2) is 12.1 Å². The predicted molar refractivity (Wildman–Crippen MR) is 127 cm³/mol. The van der Waals surface area contributed by atoms with E-state index in [1.54, 1.807) is 7.05 Å². The number of carbonyl (C=O) groups excluding carboxylic acids is 1. The highest BCUT2D eigenvalue weighted by molar-refractivity contribution is 6.33. The van der Waals surface area contributed by atoms with Crippen molar-refractivity contribution in [1.82, 2.24) is 19.5 Å². The number of nitrogens with zero attached hydrogens (tertiary/aromatic N) is 5. The van der Waals surface area contributed by atoms with Crippen molar-refractivity contribution in [1.29, 1.82) is 0 Å². The van der Waals surface area contributed by atoms with Crippen LogP contribution in [0.25, 0.3) is 22.3 Å². The molecule has 36 heavy (non-hydrogen) atoms. The van der Waals surface area contributed by atoms with Crippen LogP contribution in [-0.2, 0) is 26.4 Å². The summed E-state index contributed by atoms with van der Waals surface area (Å²) >= 11 is 6.48. The SMILES string of the molecule is CN1C(=O)Cn2c(C(C)(C)O)nc3c(F)cc(-c4nc(N[C@@H]5C[C@H]6OC[C@H](O6)[C@H]5O)ncc4Cl)c1c32. The molecule has 3 aliphatic rings. The number of benzene rings is 1. The Morgan fingerprint density at radius 3 is 2.86 bits per heavy atom. The summed E-state index contributed by atoms with van der Waals surface area (Å²) in [6.07, 6.45) is 0.0653. The molecular weight excluding hydrogens is 495 g/mol. The van der Waals surface area contributed by atoms with Crippen LogP contribution >= 0.6 is 11.6 Å². The highest BCUT2D eigenvalue weighted by atomic mass is 35.5. The number of hydrogen-bond acceptors (Lipinski definition) is 9. The van der Waals surface area contributed by atoms with Crippen LogP contribution in [0.3, 0.4) is 0 Å². The largest absolute Gasteiger partial charge is 0.388 e. The molecule has 2 saturated heterocycles. The molecule has 3 aromatic rings. The van der Waals surface area contributed by atoms with E-state index >= 15 is 4.39 Å². The van der Waals surface area contributed by atoms with Crippen molar-refractivity contribution < 1.29 is 28.9 Å². The number of rotatable bonds is 4. The molecule has 2 fully saturated rings. The van der Waals surface area contributed by atoms with Crippen molar-refractivity contribution in [3.8, 4) is 11.3 Å². The van der Waals surface area contributed by atoms with Gasteiger partial charge in [-0.3, -0.25) is 4.79 Å². The summed E-state index contributed by atoms with van der Waals surface area (Å²) in [5.74, 6) is -0.571. The summed E-state index contributed by atoms with van der Waals surface area (Å²) < 4.78 is 28.0. The Balaban J connectivity index is 1.49. The number of halogens is 2. The molecule has 4 atom stereocenters. The highest BCUT2D eigenvalue weighted by Gasteiger charge is 2.43. The molecule has 3 N–H and O–H groups in total. The zero-order valence-corrected chi connectivity index (χ0v) is 20.5. The van der Waals surface area contributed by atoms with Crippen molar-refractivity contribution in [3.05, 3.63) is 28.9 Å². The second-order valence-corrected chi connectivity index (χ2v) is 10.2. The Bertz CT molecular complexity index is 1410. The molecule has 0 unspecified atom stereocenters. The molecule has 13 heteroatoms. The fraction of sp³-hybridized carbons (Fsp3) is 0.478. The molecule has 0 saturated carbocycles. The number of ether oxygens (including phenoxy) is 2. The Morgan fingerprint density at radius 2 is 2.11 bits per heavy atom. The van der Waals surface area contributed by atoms with Gasteiger partial charge >= 0.3 is 0 Å². The number of imidazole rings is 1. The van der Waals surface area contributed by atoms with E-state index in [0.29, 0.717) is 24.2 Å². The number of likely N-dealkylation sites (N-methyl/N-ethyl adjacent to an activating group) is 1. The number of aliphatic hydroxyl groups excluding tert-OH is 1. The third kappa shape index (κ3) is 3.55. The molecule has 0 radical (unpaired) electrons. The Morgan fingerprint density at radius 1 is 1.33 bits per heavy atom. The summed E-state index contributed by atoms with van der Waals surface area (Å²) in [5, 5.41) is 24.5. The van der Waals surface area contributed by atoms with Gasteiger partial charge in [0.1, 0.15) is 35.7 Å². The minimum Gasteiger partial charge on any atom is -0.388 e. The van der Waals surface area contributed by atoms with Crippen LogP contribution in [0.1, 0.15) is 26.1 Å². The summed E-state index contributed by atoms with van der Waals surface area (Å²) in [6, 6.07) is 0.802. The highest BCUT2D eigenvalue weighted by Crippen LogP contribution is 2.44. The van der Waals surface area contributed by atoms with E-state index in [1.165, 1.54) is 35.6 Å². The quantitative estimate of drug-likeness (QED) is 0.472. The van der Waals surface area contributed by atoms with E-state index in [1.807, 2.05) is 0 Å². The zero-order valence-electron chi connectivity index (χ0n) is 19.7. The Kier molecular flexibility index (Phi) is 5.25. The molecule has 11 nitrogen and oxygen atoms in total. The van der Waals surface area contributed by atoms with Gasteiger partial charge in [0.2, 0.25) is 11.9 Å². The van der Waals surface area contributed by atoms with Crippen LogP contribution in [-0.4, -0.2) is 73.8 Å². The van der Waals surface area contributed by atoms with Gasteiger partial charge in [0.05, 0.1) is 40.8 Å². The van der Waals surface area contributed by atoms with E-state index in [4.69, 9.17) is 21.1 Å². The maximum atomic E-state index is 15.4. The van der Waals surface area contributed by atoms with Crippen molar-refractivity contribution in [2.24, 2.45) is 0 Å². The third-order valence-electron chi connectivity index (χ3n) is 6.82. The van der Waals surface area contributed by atoms with Crippen LogP contribution in [0.4, 0.5) is 16.0 Å². The topological polar surface area (TPSA) is 135 Å². The number of aliphatic hydroxyl groups is 2. The molecule has 0 spiro atoms. The van der Waals surface area contributed by atoms with Crippen LogP contribution < -0.4 is 10.2 Å². The molecule has 0 aliphatic carbocycles. The molecule has 1 amide bonds. The van der Waals surface area contributed by atoms with Crippen molar-refractivity contribution >= 4 is 40.2 Å². The van der Waals surface area contributed by atoms with Gasteiger partial charge in [-0.15, -0.1) is 0 Å². The fourth-order valence-electron chi connectivity index (χ4n) is 5.08. The molecular formula is C23H24ClFN6O5. The second kappa shape index (κ2) is 8.05. The minimum atomic E-state index is -1.41. The molecule has 2 bridgehead atoms. The monoisotopic (exact) mass is 518 g/mol. The molecule has 190 valence electrons. The average Bonchev–Trinajstić information content (AvgIpc) is 3.40. The second-order valence-electron chi connectivity index (χ2n) is 9.79. The predicted octanol–water partition coefficient (Wildman–Crippen LogP) is 1.78. The van der Waals surface area contributed by atoms with Gasteiger partial charge in [-0.1, -0.05) is 11.6 Å². The number of fused-ring (bicyclic) bond motifs is 2. The Hall–Kier alpha value is -2.90. The zero-order chi connectivity index (χ0) is 25.5. The van der Waals surface area contributed by atoms with Gasteiger partial charge in [0, 0.05) is 19.0 Å². The normalized spacial score (nSPS) is 25.6. The molecule has 6 rings (SSSR count). The van der Waals surface area contributed by atoms with Crippen molar-refractivity contribution in [3.63, 3.8) is 0 Å². The number of nitrogens with one attached hydrogen (secondary N) is 1. The first kappa shape index (κ1) is 23.5. The minimum absolute atomic E-state index is 0.0366. The molecule has 5 heterocycles. The van der Waals surface area contributed by atoms with Crippen molar-refractivity contribution in [2.75, 3.05) is 23.9 Å². The van der Waals surface area contributed by atoms with Crippen molar-refractivity contribution in [2.45, 2.75) is 57.0 Å². The molecule has 3 aliphatic heterocycles. The molecule has 1 aromatic carbocycles. The standard InChI is InChI=1S/C23H24ClFN6O5/c1-23(2,34)21-28-17-11(25)4-9(18-19(17)31(21)7-14(32)30(18)3)16-10(24)6-26-22(29-16)27-12-5-15-35-8-13(36-15)20(12)33/h4,6,12-13,15,20,33-34H,5,7-8H2,1-3H3,(H,26,27,29)/t12-,13+,15+,20+/m1/s1. The van der Waals surface area contributed by atoms with E-state index in [9.17, 15) is 15.0 Å². The molecule has 2 aromatic heterocycles. The van der Waals surface area contributed by atoms with Crippen LogP contribution in [0.15, 0.2) is 12.3 Å². The van der Waals surface area contributed by atoms with E-state index in [0.717, 1.165) is 0 Å². The van der Waals surface area contributed by atoms with Crippen LogP contribution in [0, 0.1) is 5.82 Å².